The highest BCUT2D eigenvalue weighted by Crippen LogP contribution is 2.64. The summed E-state index contributed by atoms with van der Waals surface area (Å²) in [4.78, 5) is 0. The van der Waals surface area contributed by atoms with Gasteiger partial charge in [-0.25, -0.2) is 0 Å². The zero-order valence-corrected chi connectivity index (χ0v) is 19.7. The van der Waals surface area contributed by atoms with Gasteiger partial charge >= 0.3 is 0 Å². The minimum atomic E-state index is 0.439. The van der Waals surface area contributed by atoms with Crippen LogP contribution in [0.25, 0.3) is 0 Å². The first-order valence-electron chi connectivity index (χ1n) is 13.8. The Morgan fingerprint density at radius 2 is 1.06 bits per heavy atom. The third kappa shape index (κ3) is 2.85. The van der Waals surface area contributed by atoms with Crippen molar-refractivity contribution in [3.05, 3.63) is 48.6 Å². The molecule has 4 bridgehead atoms. The van der Waals surface area contributed by atoms with Crippen LogP contribution in [0.2, 0.25) is 0 Å². The molecular formula is C31H42. The lowest BCUT2D eigenvalue weighted by Gasteiger charge is -2.56. The molecule has 0 aliphatic heterocycles. The molecule has 0 spiro atoms. The molecule has 0 nitrogen and oxygen atoms in total. The summed E-state index contributed by atoms with van der Waals surface area (Å²) in [6.07, 6.45) is 32.2. The van der Waals surface area contributed by atoms with Crippen molar-refractivity contribution >= 4 is 0 Å². The molecule has 0 aromatic carbocycles. The molecule has 6 fully saturated rings. The van der Waals surface area contributed by atoms with Crippen LogP contribution in [0, 0.1) is 76.4 Å². The summed E-state index contributed by atoms with van der Waals surface area (Å²) in [5.74, 6) is 11.3. The molecule has 0 radical (unpaired) electrons. The van der Waals surface area contributed by atoms with E-state index in [4.69, 9.17) is 0 Å². The van der Waals surface area contributed by atoms with Gasteiger partial charge in [0.2, 0.25) is 0 Å². The number of fused-ring (bicyclic) bond motifs is 3. The SMILES string of the molecule is CC(C)(C1CC[C@@H](C2C3CC4CC(C3)CC2C4)C1)C1C2C=CC=C[C@H]2[C@H]2C=CC=CC12. The third-order valence-electron chi connectivity index (χ3n) is 11.9. The molecule has 8 aliphatic carbocycles. The zero-order valence-electron chi connectivity index (χ0n) is 19.7. The standard InChI is InChI=1S/C31H42/c1-31(2,30-27-9-5-3-7-25(27)26-8-4-6-10-28(26)30)24-12-11-21(18-24)29-22-14-19-13-20(16-22)17-23(29)15-19/h3-10,19-30H,11-18H2,1-2H3/t19?,20?,21-,22?,23?,24?,25-,26+,27?,28?,29?,30?/m1/s1. The van der Waals surface area contributed by atoms with E-state index in [1.165, 1.54) is 6.42 Å². The van der Waals surface area contributed by atoms with Crippen molar-refractivity contribution in [1.82, 2.24) is 0 Å². The number of allylic oxidation sites excluding steroid dienone is 8. The molecule has 8 aliphatic rings. The number of hydrogen-bond donors (Lipinski definition) is 0. The van der Waals surface area contributed by atoms with Gasteiger partial charge in [-0.2, -0.15) is 0 Å². The van der Waals surface area contributed by atoms with E-state index in [2.05, 4.69) is 62.5 Å². The van der Waals surface area contributed by atoms with Crippen LogP contribution in [0.5, 0.6) is 0 Å². The molecular weight excluding hydrogens is 372 g/mol. The summed E-state index contributed by atoms with van der Waals surface area (Å²) >= 11 is 0. The Balaban J connectivity index is 1.13. The Labute approximate surface area is 190 Å². The molecule has 6 saturated carbocycles. The van der Waals surface area contributed by atoms with Crippen molar-refractivity contribution in [3.8, 4) is 0 Å². The van der Waals surface area contributed by atoms with Gasteiger partial charge in [-0.3, -0.25) is 0 Å². The minimum absolute atomic E-state index is 0.439. The molecule has 0 saturated heterocycles. The average molecular weight is 415 g/mol. The maximum absolute atomic E-state index is 2.68. The second-order valence-electron chi connectivity index (χ2n) is 13.5. The van der Waals surface area contributed by atoms with Crippen LogP contribution in [-0.2, 0) is 0 Å². The van der Waals surface area contributed by atoms with Crippen LogP contribution >= 0.6 is 0 Å². The summed E-state index contributed by atoms with van der Waals surface area (Å²) in [5.41, 5.74) is 0.439. The molecule has 4 unspecified atom stereocenters. The highest BCUT2D eigenvalue weighted by molar-refractivity contribution is 5.29. The first-order chi connectivity index (χ1) is 15.1. The van der Waals surface area contributed by atoms with E-state index in [0.29, 0.717) is 5.41 Å². The molecule has 0 aromatic rings. The largest absolute Gasteiger partial charge is 0.0805 e. The fraction of sp³-hybridized carbons (Fsp3) is 0.742. The average Bonchev–Trinajstić information content (AvgIpc) is 3.37. The Kier molecular flexibility index (Phi) is 4.37. The van der Waals surface area contributed by atoms with Gasteiger partial charge in [0.1, 0.15) is 0 Å². The van der Waals surface area contributed by atoms with Gasteiger partial charge in [0.25, 0.3) is 0 Å². The van der Waals surface area contributed by atoms with Crippen molar-refractivity contribution in [1.29, 1.82) is 0 Å². The van der Waals surface area contributed by atoms with Crippen molar-refractivity contribution in [2.75, 3.05) is 0 Å². The van der Waals surface area contributed by atoms with Crippen LogP contribution in [0.4, 0.5) is 0 Å². The maximum Gasteiger partial charge on any atom is -0.00954 e. The van der Waals surface area contributed by atoms with Crippen LogP contribution in [0.15, 0.2) is 48.6 Å². The van der Waals surface area contributed by atoms with Gasteiger partial charge in [-0.05, 0) is 128 Å². The van der Waals surface area contributed by atoms with Gasteiger partial charge < -0.3 is 0 Å². The van der Waals surface area contributed by atoms with Gasteiger partial charge in [-0.15, -0.1) is 0 Å². The zero-order chi connectivity index (χ0) is 20.7. The fourth-order valence-electron chi connectivity index (χ4n) is 11.1. The van der Waals surface area contributed by atoms with Crippen LogP contribution in [0.1, 0.15) is 65.2 Å². The predicted molar refractivity (Wildman–Crippen MR) is 129 cm³/mol. The molecule has 31 heavy (non-hydrogen) atoms. The Hall–Kier alpha value is -1.04. The topological polar surface area (TPSA) is 0 Å². The lowest BCUT2D eigenvalue weighted by molar-refractivity contribution is -0.0627. The van der Waals surface area contributed by atoms with Crippen molar-refractivity contribution in [2.24, 2.45) is 76.4 Å². The molecule has 0 aromatic heterocycles. The molecule has 166 valence electrons. The summed E-state index contributed by atoms with van der Waals surface area (Å²) in [7, 11) is 0. The molecule has 0 heteroatoms. The van der Waals surface area contributed by atoms with Gasteiger partial charge in [0, 0.05) is 0 Å². The molecule has 0 N–H and O–H groups in total. The summed E-state index contributed by atoms with van der Waals surface area (Å²) in [6, 6.07) is 0. The second kappa shape index (κ2) is 6.98. The summed E-state index contributed by atoms with van der Waals surface area (Å²) in [6.45, 7) is 5.36. The van der Waals surface area contributed by atoms with Crippen molar-refractivity contribution in [2.45, 2.75) is 65.2 Å². The van der Waals surface area contributed by atoms with E-state index < -0.39 is 0 Å². The van der Waals surface area contributed by atoms with Crippen LogP contribution in [-0.4, -0.2) is 0 Å². The number of rotatable bonds is 3. The van der Waals surface area contributed by atoms with Gasteiger partial charge in [0.05, 0.1) is 0 Å². The van der Waals surface area contributed by atoms with Crippen molar-refractivity contribution < 1.29 is 0 Å². The maximum atomic E-state index is 2.68. The minimum Gasteiger partial charge on any atom is -0.0805 e. The number of hydrogen-bond acceptors (Lipinski definition) is 0. The normalized spacial score (nSPS) is 53.9. The quantitative estimate of drug-likeness (QED) is 0.441. The van der Waals surface area contributed by atoms with Crippen LogP contribution in [0.3, 0.4) is 0 Å². The Morgan fingerprint density at radius 1 is 0.548 bits per heavy atom. The highest BCUT2D eigenvalue weighted by Gasteiger charge is 2.57. The van der Waals surface area contributed by atoms with E-state index >= 15 is 0 Å². The highest BCUT2D eigenvalue weighted by atomic mass is 14.6. The Bertz CT molecular complexity index is 774. The smallest absolute Gasteiger partial charge is 0.00954 e. The van der Waals surface area contributed by atoms with Crippen molar-refractivity contribution in [3.63, 3.8) is 0 Å². The molecule has 0 amide bonds. The first-order valence-corrected chi connectivity index (χ1v) is 13.8. The summed E-state index contributed by atoms with van der Waals surface area (Å²) in [5, 5.41) is 0. The lowest BCUT2D eigenvalue weighted by Crippen LogP contribution is -2.47. The second-order valence-corrected chi connectivity index (χ2v) is 13.5. The monoisotopic (exact) mass is 414 g/mol. The van der Waals surface area contributed by atoms with Crippen LogP contribution < -0.4 is 0 Å². The van der Waals surface area contributed by atoms with E-state index in [-0.39, 0.29) is 0 Å². The predicted octanol–water partition coefficient (Wildman–Crippen LogP) is 7.85. The molecule has 0 heterocycles. The molecule has 7 atom stereocenters. The van der Waals surface area contributed by atoms with E-state index in [9.17, 15) is 0 Å². The van der Waals surface area contributed by atoms with E-state index in [0.717, 1.165) is 71.0 Å². The van der Waals surface area contributed by atoms with E-state index in [1.807, 2.05) is 0 Å². The summed E-state index contributed by atoms with van der Waals surface area (Å²) < 4.78 is 0. The Morgan fingerprint density at radius 3 is 1.61 bits per heavy atom. The van der Waals surface area contributed by atoms with Gasteiger partial charge in [0.15, 0.2) is 0 Å². The third-order valence-corrected chi connectivity index (χ3v) is 11.9. The molecule has 8 rings (SSSR count). The lowest BCUT2D eigenvalue weighted by atomic mass is 9.49. The van der Waals surface area contributed by atoms with E-state index in [1.54, 1.807) is 44.9 Å². The first kappa shape index (κ1) is 19.4. The fourth-order valence-corrected chi connectivity index (χ4v) is 11.1. The van der Waals surface area contributed by atoms with Gasteiger partial charge in [-0.1, -0.05) is 62.5 Å².